The highest BCUT2D eigenvalue weighted by molar-refractivity contribution is 14.0. The fourth-order valence-electron chi connectivity index (χ4n) is 2.64. The maximum Gasteiger partial charge on any atom is 0.234 e. The first-order valence-corrected chi connectivity index (χ1v) is 10.9. The topological polar surface area (TPSA) is 103 Å². The van der Waals surface area contributed by atoms with Gasteiger partial charge >= 0.3 is 0 Å². The lowest BCUT2D eigenvalue weighted by molar-refractivity contribution is 0.265. The second-order valence-corrected chi connectivity index (χ2v) is 8.40. The van der Waals surface area contributed by atoms with E-state index in [1.54, 1.807) is 14.0 Å². The van der Waals surface area contributed by atoms with E-state index in [4.69, 9.17) is 0 Å². The van der Waals surface area contributed by atoms with Gasteiger partial charge in [0.1, 0.15) is 5.82 Å². The molecule has 0 aromatic heterocycles. The highest BCUT2D eigenvalue weighted by Crippen LogP contribution is 2.15. The van der Waals surface area contributed by atoms with Crippen LogP contribution in [-0.4, -0.2) is 52.0 Å². The molecule has 2 rings (SSSR count). The van der Waals surface area contributed by atoms with Gasteiger partial charge < -0.3 is 15.7 Å². The monoisotopic (exact) mass is 550 g/mol. The van der Waals surface area contributed by atoms with Gasteiger partial charge in [-0.2, -0.15) is 0 Å². The molecule has 10 heteroatoms. The van der Waals surface area contributed by atoms with Gasteiger partial charge in [0, 0.05) is 26.1 Å². The number of sulfonamides is 1. The normalized spacial score (nSPS) is 12.6. The van der Waals surface area contributed by atoms with Crippen molar-refractivity contribution < 1.29 is 17.9 Å². The summed E-state index contributed by atoms with van der Waals surface area (Å²) in [5, 5.41) is 15.6. The van der Waals surface area contributed by atoms with E-state index in [1.807, 2.05) is 30.3 Å². The number of aliphatic imine (C=N–C) groups is 1. The molecule has 0 aliphatic carbocycles. The number of aliphatic hydroxyl groups is 1. The minimum absolute atomic E-state index is 0. The van der Waals surface area contributed by atoms with Crippen LogP contribution in [0.25, 0.3) is 0 Å². The van der Waals surface area contributed by atoms with Gasteiger partial charge in [-0.25, -0.2) is 12.8 Å². The molecule has 2 aromatic carbocycles. The van der Waals surface area contributed by atoms with E-state index in [1.165, 1.54) is 12.1 Å². The van der Waals surface area contributed by atoms with Crippen LogP contribution < -0.4 is 15.4 Å². The van der Waals surface area contributed by atoms with Gasteiger partial charge in [-0.1, -0.05) is 36.4 Å². The summed E-state index contributed by atoms with van der Waals surface area (Å²) in [6.45, 7) is 2.13. The Morgan fingerprint density at radius 2 is 1.87 bits per heavy atom. The zero-order valence-electron chi connectivity index (χ0n) is 16.9. The minimum Gasteiger partial charge on any atom is -0.396 e. The third-order valence-electron chi connectivity index (χ3n) is 4.34. The second kappa shape index (κ2) is 12.7. The van der Waals surface area contributed by atoms with Crippen molar-refractivity contribution in [2.24, 2.45) is 4.99 Å². The highest BCUT2D eigenvalue weighted by Gasteiger charge is 2.13. The molecule has 0 heterocycles. The predicted molar refractivity (Wildman–Crippen MR) is 130 cm³/mol. The predicted octanol–water partition coefficient (Wildman–Crippen LogP) is 2.43. The molecule has 1 atom stereocenters. The number of hydrogen-bond acceptors (Lipinski definition) is 4. The molecule has 0 aliphatic rings. The number of halogens is 2. The largest absolute Gasteiger partial charge is 0.396 e. The Morgan fingerprint density at radius 3 is 2.47 bits per heavy atom. The Labute approximate surface area is 194 Å². The Hall–Kier alpha value is -1.92. The highest BCUT2D eigenvalue weighted by atomic mass is 127. The van der Waals surface area contributed by atoms with Gasteiger partial charge in [0.2, 0.25) is 10.0 Å². The standard InChI is InChI=1S/C20H27FN4O3S.HI/c1-15-8-9-18(12-19(15)21)25-29(27,28)11-10-23-20(22-2)24-13-17(14-26)16-6-4-3-5-7-16;/h3-9,12,17,25-26H,10-11,13-14H2,1-2H3,(H2,22,23,24);1H. The Kier molecular flexibility index (Phi) is 11.1. The summed E-state index contributed by atoms with van der Waals surface area (Å²) in [5.74, 6) is -0.372. The lowest BCUT2D eigenvalue weighted by atomic mass is 10.0. The van der Waals surface area contributed by atoms with E-state index >= 15 is 0 Å². The van der Waals surface area contributed by atoms with Crippen LogP contribution in [0.4, 0.5) is 10.1 Å². The zero-order chi connectivity index (χ0) is 21.3. The molecule has 1 unspecified atom stereocenters. The molecule has 0 amide bonds. The van der Waals surface area contributed by atoms with Crippen LogP contribution in [0.2, 0.25) is 0 Å². The van der Waals surface area contributed by atoms with Crippen molar-refractivity contribution in [1.29, 1.82) is 0 Å². The van der Waals surface area contributed by atoms with Crippen molar-refractivity contribution in [3.05, 3.63) is 65.5 Å². The van der Waals surface area contributed by atoms with E-state index in [2.05, 4.69) is 20.3 Å². The van der Waals surface area contributed by atoms with Crippen molar-refractivity contribution in [2.45, 2.75) is 12.8 Å². The van der Waals surface area contributed by atoms with E-state index in [9.17, 15) is 17.9 Å². The van der Waals surface area contributed by atoms with Crippen LogP contribution in [0.1, 0.15) is 17.0 Å². The third-order valence-corrected chi connectivity index (χ3v) is 5.63. The van der Waals surface area contributed by atoms with E-state index in [0.29, 0.717) is 18.1 Å². The fraction of sp³-hybridized carbons (Fsp3) is 0.350. The molecule has 0 saturated heterocycles. The number of guanidine groups is 1. The number of rotatable bonds is 9. The molecular weight excluding hydrogens is 522 g/mol. The van der Waals surface area contributed by atoms with Crippen molar-refractivity contribution in [3.63, 3.8) is 0 Å². The van der Waals surface area contributed by atoms with Gasteiger partial charge in [-0.15, -0.1) is 24.0 Å². The third kappa shape index (κ3) is 8.44. The maximum absolute atomic E-state index is 13.6. The Balaban J connectivity index is 0.00000450. The fourth-order valence-corrected chi connectivity index (χ4v) is 3.60. The molecule has 0 aliphatic heterocycles. The van der Waals surface area contributed by atoms with Crippen LogP contribution in [0.15, 0.2) is 53.5 Å². The first kappa shape index (κ1) is 26.1. The van der Waals surface area contributed by atoms with Gasteiger partial charge in [0.15, 0.2) is 5.96 Å². The summed E-state index contributed by atoms with van der Waals surface area (Å²) in [4.78, 5) is 4.06. The van der Waals surface area contributed by atoms with E-state index < -0.39 is 15.8 Å². The van der Waals surface area contributed by atoms with Gasteiger partial charge in [0.05, 0.1) is 18.0 Å². The molecule has 4 N–H and O–H groups in total. The molecule has 166 valence electrons. The molecule has 2 aromatic rings. The SMILES string of the molecule is CN=C(NCCS(=O)(=O)Nc1ccc(C)c(F)c1)NCC(CO)c1ccccc1.I. The molecule has 7 nitrogen and oxygen atoms in total. The van der Waals surface area contributed by atoms with Crippen molar-refractivity contribution in [2.75, 3.05) is 37.2 Å². The zero-order valence-corrected chi connectivity index (χ0v) is 20.1. The van der Waals surface area contributed by atoms with Crippen LogP contribution in [0.3, 0.4) is 0 Å². The first-order valence-electron chi connectivity index (χ1n) is 9.21. The van der Waals surface area contributed by atoms with Crippen molar-refractivity contribution >= 4 is 45.6 Å². The average molecular weight is 550 g/mol. The number of nitrogens with one attached hydrogen (secondary N) is 3. The maximum atomic E-state index is 13.6. The number of hydrogen-bond donors (Lipinski definition) is 4. The quantitative estimate of drug-likeness (QED) is 0.218. The van der Waals surface area contributed by atoms with Crippen molar-refractivity contribution in [1.82, 2.24) is 10.6 Å². The summed E-state index contributed by atoms with van der Waals surface area (Å²) in [5.41, 5.74) is 1.63. The van der Waals surface area contributed by atoms with Crippen molar-refractivity contribution in [3.8, 4) is 0 Å². The molecule has 0 spiro atoms. The van der Waals surface area contributed by atoms with E-state index in [0.717, 1.165) is 11.6 Å². The molecule has 0 saturated carbocycles. The van der Waals surface area contributed by atoms with Gasteiger partial charge in [-0.05, 0) is 30.2 Å². The average Bonchev–Trinajstić information content (AvgIpc) is 2.70. The smallest absolute Gasteiger partial charge is 0.234 e. The van der Waals surface area contributed by atoms with Crippen LogP contribution >= 0.6 is 24.0 Å². The molecule has 30 heavy (non-hydrogen) atoms. The summed E-state index contributed by atoms with van der Waals surface area (Å²) in [6.07, 6.45) is 0. The number of nitrogens with zero attached hydrogens (tertiary/aromatic N) is 1. The summed E-state index contributed by atoms with van der Waals surface area (Å²) in [6, 6.07) is 13.8. The van der Waals surface area contributed by atoms with Gasteiger partial charge in [0.25, 0.3) is 0 Å². The Morgan fingerprint density at radius 1 is 1.17 bits per heavy atom. The second-order valence-electron chi connectivity index (χ2n) is 6.55. The summed E-state index contributed by atoms with van der Waals surface area (Å²) in [7, 11) is -2.07. The molecule has 0 fully saturated rings. The number of benzene rings is 2. The summed E-state index contributed by atoms with van der Waals surface area (Å²) < 4.78 is 40.3. The molecular formula is C20H28FIN4O3S. The van der Waals surface area contributed by atoms with E-state index in [-0.39, 0.29) is 54.5 Å². The minimum atomic E-state index is -3.65. The molecule has 0 bridgehead atoms. The number of anilines is 1. The first-order chi connectivity index (χ1) is 13.8. The lowest BCUT2D eigenvalue weighted by Crippen LogP contribution is -2.42. The molecule has 0 radical (unpaired) electrons. The number of aryl methyl sites for hydroxylation is 1. The van der Waals surface area contributed by atoms with Gasteiger partial charge in [-0.3, -0.25) is 9.71 Å². The lowest BCUT2D eigenvalue weighted by Gasteiger charge is -2.18. The Bertz CT molecular complexity index is 927. The number of aliphatic hydroxyl groups excluding tert-OH is 1. The summed E-state index contributed by atoms with van der Waals surface area (Å²) >= 11 is 0. The van der Waals surface area contributed by atoms with Crippen LogP contribution in [0, 0.1) is 12.7 Å². The van der Waals surface area contributed by atoms with Crippen LogP contribution in [-0.2, 0) is 10.0 Å². The van der Waals surface area contributed by atoms with Crippen LogP contribution in [0.5, 0.6) is 0 Å².